The maximum atomic E-state index is 12.1. The van der Waals surface area contributed by atoms with Crippen molar-refractivity contribution in [3.8, 4) is 0 Å². The van der Waals surface area contributed by atoms with Crippen LogP contribution in [0.2, 0.25) is 0 Å². The molecule has 0 aromatic heterocycles. The first-order valence-corrected chi connectivity index (χ1v) is 5.43. The molecule has 0 unspecified atom stereocenters. The van der Waals surface area contributed by atoms with Crippen LogP contribution >= 0.6 is 0 Å². The molecular weight excluding hydrogens is 223 g/mol. The number of aliphatic hydroxyl groups is 1. The topological polar surface area (TPSA) is 57.6 Å². The first-order chi connectivity index (χ1) is 6.30. The molecule has 0 amide bonds. The lowest BCUT2D eigenvalue weighted by Crippen LogP contribution is -2.43. The van der Waals surface area contributed by atoms with Crippen molar-refractivity contribution in [3.05, 3.63) is 0 Å². The molecule has 84 valence electrons. The maximum absolute atomic E-state index is 12.1. The van der Waals surface area contributed by atoms with Gasteiger partial charge in [0.1, 0.15) is 0 Å². The Balaban J connectivity index is 2.86. The normalized spacial score (nSPS) is 18.9. The van der Waals surface area contributed by atoms with E-state index >= 15 is 0 Å². The predicted octanol–water partition coefficient (Wildman–Crippen LogP) is 0.293. The third-order valence-corrected chi connectivity index (χ3v) is 3.56. The number of sulfonamides is 1. The van der Waals surface area contributed by atoms with Crippen LogP contribution in [0.4, 0.5) is 13.2 Å². The molecule has 1 aliphatic carbocycles. The summed E-state index contributed by atoms with van der Waals surface area (Å²) < 4.78 is 58.4. The lowest BCUT2D eigenvalue weighted by molar-refractivity contribution is -0.0494. The van der Waals surface area contributed by atoms with Gasteiger partial charge in [-0.2, -0.15) is 17.5 Å². The van der Waals surface area contributed by atoms with Crippen LogP contribution in [-0.2, 0) is 10.0 Å². The van der Waals surface area contributed by atoms with E-state index in [0.29, 0.717) is 17.1 Å². The molecule has 0 aromatic rings. The van der Waals surface area contributed by atoms with E-state index in [4.69, 9.17) is 5.11 Å². The van der Waals surface area contributed by atoms with E-state index < -0.39 is 34.7 Å². The summed E-state index contributed by atoms with van der Waals surface area (Å²) in [5, 5.41) is 8.47. The van der Waals surface area contributed by atoms with E-state index in [-0.39, 0.29) is 0 Å². The fraction of sp³-hybridized carbons (Fsp3) is 1.00. The molecule has 0 aromatic carbocycles. The molecule has 1 rings (SSSR count). The van der Waals surface area contributed by atoms with Crippen LogP contribution in [0.15, 0.2) is 0 Å². The summed E-state index contributed by atoms with van der Waals surface area (Å²) in [5.41, 5.74) is -5.27. The summed E-state index contributed by atoms with van der Waals surface area (Å²) in [5.74, 6) is 0. The van der Waals surface area contributed by atoms with Gasteiger partial charge in [0, 0.05) is 12.6 Å². The van der Waals surface area contributed by atoms with Crippen molar-refractivity contribution in [3.63, 3.8) is 0 Å². The molecule has 4 nitrogen and oxygen atoms in total. The first-order valence-electron chi connectivity index (χ1n) is 3.99. The van der Waals surface area contributed by atoms with Crippen LogP contribution in [0.3, 0.4) is 0 Å². The summed E-state index contributed by atoms with van der Waals surface area (Å²) in [6, 6.07) is -0.589. The monoisotopic (exact) mass is 233 g/mol. The van der Waals surface area contributed by atoms with E-state index in [1.165, 1.54) is 0 Å². The van der Waals surface area contributed by atoms with E-state index in [9.17, 15) is 21.6 Å². The molecule has 1 aliphatic rings. The Kier molecular flexibility index (Phi) is 3.07. The Bertz CT molecular complexity index is 296. The van der Waals surface area contributed by atoms with Crippen molar-refractivity contribution < 1.29 is 26.7 Å². The molecule has 1 fully saturated rings. The second-order valence-electron chi connectivity index (χ2n) is 3.02. The number of nitrogens with zero attached hydrogens (tertiary/aromatic N) is 1. The number of alkyl halides is 3. The zero-order valence-corrected chi connectivity index (χ0v) is 7.98. The fourth-order valence-corrected chi connectivity index (χ4v) is 2.28. The van der Waals surface area contributed by atoms with Crippen molar-refractivity contribution in [2.75, 3.05) is 13.2 Å². The highest BCUT2D eigenvalue weighted by molar-refractivity contribution is 7.90. The van der Waals surface area contributed by atoms with Crippen molar-refractivity contribution in [2.24, 2.45) is 0 Å². The van der Waals surface area contributed by atoms with Gasteiger partial charge >= 0.3 is 15.5 Å². The number of aliphatic hydroxyl groups excluding tert-OH is 1. The Morgan fingerprint density at radius 1 is 1.36 bits per heavy atom. The standard InChI is InChI=1S/C6H10F3NO3S/c7-6(8,9)14(12,13)10(3-4-11)5-1-2-5/h5,11H,1-4H2. The molecule has 1 saturated carbocycles. The predicted molar refractivity (Wildman–Crippen MR) is 41.8 cm³/mol. The maximum Gasteiger partial charge on any atom is 0.511 e. The minimum atomic E-state index is -5.27. The van der Waals surface area contributed by atoms with Gasteiger partial charge < -0.3 is 5.11 Å². The van der Waals surface area contributed by atoms with Crippen molar-refractivity contribution in [2.45, 2.75) is 24.4 Å². The molecule has 1 N–H and O–H groups in total. The molecule has 0 saturated heterocycles. The third-order valence-electron chi connectivity index (χ3n) is 1.88. The van der Waals surface area contributed by atoms with Crippen LogP contribution in [-0.4, -0.2) is 42.5 Å². The number of hydrogen-bond acceptors (Lipinski definition) is 3. The van der Waals surface area contributed by atoms with Gasteiger partial charge in [0.2, 0.25) is 0 Å². The summed E-state index contributed by atoms with van der Waals surface area (Å²) in [4.78, 5) is 0. The summed E-state index contributed by atoms with van der Waals surface area (Å²) in [6.07, 6.45) is 0.852. The summed E-state index contributed by atoms with van der Waals surface area (Å²) in [7, 11) is -5.26. The SMILES string of the molecule is O=S(=O)(N(CCO)C1CC1)C(F)(F)F. The highest BCUT2D eigenvalue weighted by Gasteiger charge is 2.53. The lowest BCUT2D eigenvalue weighted by Gasteiger charge is -2.21. The van der Waals surface area contributed by atoms with Gasteiger partial charge in [-0.05, 0) is 12.8 Å². The molecule has 14 heavy (non-hydrogen) atoms. The van der Waals surface area contributed by atoms with Crippen molar-refractivity contribution in [1.82, 2.24) is 4.31 Å². The van der Waals surface area contributed by atoms with Gasteiger partial charge in [0.25, 0.3) is 0 Å². The van der Waals surface area contributed by atoms with Crippen LogP contribution < -0.4 is 0 Å². The number of rotatable bonds is 4. The highest BCUT2D eigenvalue weighted by Crippen LogP contribution is 2.35. The Hall–Kier alpha value is -0.340. The molecule has 0 bridgehead atoms. The van der Waals surface area contributed by atoms with Gasteiger partial charge in [0.15, 0.2) is 0 Å². The molecular formula is C6H10F3NO3S. The van der Waals surface area contributed by atoms with Crippen LogP contribution in [0.1, 0.15) is 12.8 Å². The van der Waals surface area contributed by atoms with Gasteiger partial charge in [0.05, 0.1) is 6.61 Å². The minimum Gasteiger partial charge on any atom is -0.395 e. The largest absolute Gasteiger partial charge is 0.511 e. The van der Waals surface area contributed by atoms with Gasteiger partial charge in [-0.15, -0.1) is 0 Å². The quantitative estimate of drug-likeness (QED) is 0.759. The lowest BCUT2D eigenvalue weighted by atomic mass is 10.6. The average molecular weight is 233 g/mol. The highest BCUT2D eigenvalue weighted by atomic mass is 32.2. The molecule has 0 radical (unpaired) electrons. The Labute approximate surface area is 79.4 Å². The first kappa shape index (κ1) is 11.7. The zero-order valence-electron chi connectivity index (χ0n) is 7.16. The van der Waals surface area contributed by atoms with Crippen LogP contribution in [0.25, 0.3) is 0 Å². The van der Waals surface area contributed by atoms with Gasteiger partial charge in [-0.25, -0.2) is 8.42 Å². The van der Waals surface area contributed by atoms with Crippen LogP contribution in [0.5, 0.6) is 0 Å². The molecule has 0 heterocycles. The van der Waals surface area contributed by atoms with Gasteiger partial charge in [-0.1, -0.05) is 0 Å². The number of halogens is 3. The van der Waals surface area contributed by atoms with Gasteiger partial charge in [-0.3, -0.25) is 0 Å². The molecule has 8 heteroatoms. The fourth-order valence-electron chi connectivity index (χ4n) is 1.09. The average Bonchev–Trinajstić information content (AvgIpc) is 2.80. The van der Waals surface area contributed by atoms with E-state index in [2.05, 4.69) is 0 Å². The minimum absolute atomic E-state index is 0.326. The Morgan fingerprint density at radius 3 is 2.14 bits per heavy atom. The second-order valence-corrected chi connectivity index (χ2v) is 4.90. The van der Waals surface area contributed by atoms with Crippen molar-refractivity contribution >= 4 is 10.0 Å². The zero-order chi connectivity index (χ0) is 11.0. The van der Waals surface area contributed by atoms with E-state index in [1.54, 1.807) is 0 Å². The third kappa shape index (κ3) is 2.18. The molecule has 0 aliphatic heterocycles. The summed E-state index contributed by atoms with van der Waals surface area (Å²) >= 11 is 0. The smallest absolute Gasteiger partial charge is 0.395 e. The second kappa shape index (κ2) is 3.67. The van der Waals surface area contributed by atoms with E-state index in [1.807, 2.05) is 0 Å². The molecule has 0 atom stereocenters. The number of hydrogen-bond donors (Lipinski definition) is 1. The summed E-state index contributed by atoms with van der Waals surface area (Å²) in [6.45, 7) is -1.10. The Morgan fingerprint density at radius 2 is 1.86 bits per heavy atom. The van der Waals surface area contributed by atoms with Crippen molar-refractivity contribution in [1.29, 1.82) is 0 Å². The molecule has 0 spiro atoms. The van der Waals surface area contributed by atoms with Crippen LogP contribution in [0, 0.1) is 0 Å². The van der Waals surface area contributed by atoms with E-state index in [0.717, 1.165) is 0 Å².